The third kappa shape index (κ3) is 2.22. The number of nitrogens with zero attached hydrogens (tertiary/aromatic N) is 1. The van der Waals surface area contributed by atoms with Gasteiger partial charge in [-0.25, -0.2) is 0 Å². The van der Waals surface area contributed by atoms with Crippen LogP contribution in [-0.4, -0.2) is 16.2 Å². The van der Waals surface area contributed by atoms with Crippen LogP contribution >= 0.6 is 0 Å². The zero-order valence-corrected chi connectivity index (χ0v) is 11.6. The lowest BCUT2D eigenvalue weighted by molar-refractivity contribution is -0.0419. The summed E-state index contributed by atoms with van der Waals surface area (Å²) in [5.74, 6) is 5.07. The Hall–Kier alpha value is -0.830. The molecule has 4 saturated carbocycles. The monoisotopic (exact) mass is 259 g/mol. The van der Waals surface area contributed by atoms with Crippen LogP contribution in [0.25, 0.3) is 0 Å². The normalized spacial score (nSPS) is 41.6. The SMILES string of the molecule is NC(Cc1ccn[nH]1)CC1C2CC3CC(C2)CC1C3. The zero-order chi connectivity index (χ0) is 12.8. The molecule has 0 spiro atoms. The van der Waals surface area contributed by atoms with Crippen molar-refractivity contribution < 1.29 is 0 Å². The molecular formula is C16H25N3. The molecule has 1 aromatic rings. The fourth-order valence-corrected chi connectivity index (χ4v) is 5.54. The summed E-state index contributed by atoms with van der Waals surface area (Å²) in [6.45, 7) is 0. The Morgan fingerprint density at radius 2 is 1.84 bits per heavy atom. The second-order valence-corrected chi connectivity index (χ2v) is 7.38. The molecule has 1 unspecified atom stereocenters. The number of rotatable bonds is 4. The minimum absolute atomic E-state index is 0.308. The summed E-state index contributed by atoms with van der Waals surface area (Å²) in [4.78, 5) is 0. The van der Waals surface area contributed by atoms with Gasteiger partial charge in [0.25, 0.3) is 0 Å². The molecule has 0 saturated heterocycles. The fraction of sp³-hybridized carbons (Fsp3) is 0.812. The molecule has 1 aromatic heterocycles. The van der Waals surface area contributed by atoms with Crippen molar-refractivity contribution in [1.29, 1.82) is 0 Å². The maximum atomic E-state index is 6.40. The Bertz CT molecular complexity index is 397. The van der Waals surface area contributed by atoms with Crippen molar-refractivity contribution in [3.05, 3.63) is 18.0 Å². The maximum Gasteiger partial charge on any atom is 0.0490 e. The third-order valence-corrected chi connectivity index (χ3v) is 6.04. The number of aromatic amines is 1. The van der Waals surface area contributed by atoms with Crippen molar-refractivity contribution in [2.75, 3.05) is 0 Å². The fourth-order valence-electron chi connectivity index (χ4n) is 5.54. The molecule has 3 heteroatoms. The summed E-state index contributed by atoms with van der Waals surface area (Å²) < 4.78 is 0. The molecule has 1 atom stereocenters. The standard InChI is InChI=1S/C16H25N3/c17-14(8-15-1-2-18-19-15)9-16-12-4-10-3-11(6-12)7-13(16)5-10/h1-2,10-14,16H,3-9,17H2,(H,18,19). The van der Waals surface area contributed by atoms with Crippen LogP contribution in [0.15, 0.2) is 12.3 Å². The van der Waals surface area contributed by atoms with Gasteiger partial charge in [-0.2, -0.15) is 5.10 Å². The van der Waals surface area contributed by atoms with E-state index in [9.17, 15) is 0 Å². The van der Waals surface area contributed by atoms with Crippen molar-refractivity contribution >= 4 is 0 Å². The minimum Gasteiger partial charge on any atom is -0.327 e. The van der Waals surface area contributed by atoms with Crippen LogP contribution in [0.5, 0.6) is 0 Å². The molecule has 4 fully saturated rings. The molecule has 104 valence electrons. The quantitative estimate of drug-likeness (QED) is 0.873. The van der Waals surface area contributed by atoms with Gasteiger partial charge in [0.05, 0.1) is 0 Å². The van der Waals surface area contributed by atoms with Gasteiger partial charge in [0.1, 0.15) is 0 Å². The van der Waals surface area contributed by atoms with Crippen LogP contribution in [0.1, 0.15) is 44.2 Å². The van der Waals surface area contributed by atoms with E-state index in [2.05, 4.69) is 16.3 Å². The zero-order valence-electron chi connectivity index (χ0n) is 11.6. The van der Waals surface area contributed by atoms with E-state index < -0.39 is 0 Å². The molecule has 5 rings (SSSR count). The number of hydrogen-bond acceptors (Lipinski definition) is 2. The molecule has 0 aromatic carbocycles. The smallest absolute Gasteiger partial charge is 0.0490 e. The lowest BCUT2D eigenvalue weighted by Crippen LogP contribution is -2.47. The molecule has 4 bridgehead atoms. The van der Waals surface area contributed by atoms with Gasteiger partial charge >= 0.3 is 0 Å². The Labute approximate surface area is 115 Å². The lowest BCUT2D eigenvalue weighted by atomic mass is 9.51. The summed E-state index contributed by atoms with van der Waals surface area (Å²) in [5.41, 5.74) is 7.59. The first-order valence-corrected chi connectivity index (χ1v) is 8.01. The number of aromatic nitrogens is 2. The van der Waals surface area contributed by atoms with Crippen molar-refractivity contribution in [3.63, 3.8) is 0 Å². The first-order chi connectivity index (χ1) is 9.28. The second kappa shape index (κ2) is 4.62. The molecule has 4 aliphatic rings. The van der Waals surface area contributed by atoms with E-state index in [1.807, 2.05) is 6.20 Å². The molecule has 4 aliphatic carbocycles. The molecule has 0 amide bonds. The van der Waals surface area contributed by atoms with E-state index in [1.54, 1.807) is 6.42 Å². The van der Waals surface area contributed by atoms with Crippen LogP contribution < -0.4 is 5.73 Å². The van der Waals surface area contributed by atoms with Gasteiger partial charge in [0, 0.05) is 24.4 Å². The van der Waals surface area contributed by atoms with Gasteiger partial charge in [0.2, 0.25) is 0 Å². The average Bonchev–Trinajstić information content (AvgIpc) is 2.85. The second-order valence-electron chi connectivity index (χ2n) is 7.38. The van der Waals surface area contributed by atoms with Gasteiger partial charge in [0.15, 0.2) is 0 Å². The molecular weight excluding hydrogens is 234 g/mol. The Morgan fingerprint density at radius 3 is 2.42 bits per heavy atom. The van der Waals surface area contributed by atoms with Crippen molar-refractivity contribution in [3.8, 4) is 0 Å². The number of hydrogen-bond donors (Lipinski definition) is 2. The highest BCUT2D eigenvalue weighted by Crippen LogP contribution is 2.57. The molecule has 19 heavy (non-hydrogen) atoms. The summed E-state index contributed by atoms with van der Waals surface area (Å²) in [5, 5.41) is 7.05. The average molecular weight is 259 g/mol. The summed E-state index contributed by atoms with van der Waals surface area (Å²) in [6, 6.07) is 2.36. The van der Waals surface area contributed by atoms with Crippen LogP contribution in [0.2, 0.25) is 0 Å². The van der Waals surface area contributed by atoms with E-state index in [0.717, 1.165) is 36.0 Å². The molecule has 1 heterocycles. The van der Waals surface area contributed by atoms with Crippen LogP contribution in [0.4, 0.5) is 0 Å². The molecule has 0 radical (unpaired) electrons. The Morgan fingerprint density at radius 1 is 1.16 bits per heavy atom. The van der Waals surface area contributed by atoms with Gasteiger partial charge in [-0.1, -0.05) is 0 Å². The highest BCUT2D eigenvalue weighted by atomic mass is 15.1. The highest BCUT2D eigenvalue weighted by Gasteiger charge is 2.48. The Kier molecular flexibility index (Phi) is 2.91. The van der Waals surface area contributed by atoms with E-state index in [0.29, 0.717) is 6.04 Å². The van der Waals surface area contributed by atoms with E-state index in [1.165, 1.54) is 37.8 Å². The van der Waals surface area contributed by atoms with Gasteiger partial charge in [-0.15, -0.1) is 0 Å². The molecule has 3 nitrogen and oxygen atoms in total. The Balaban J connectivity index is 1.40. The summed E-state index contributed by atoms with van der Waals surface area (Å²) >= 11 is 0. The largest absolute Gasteiger partial charge is 0.327 e. The lowest BCUT2D eigenvalue weighted by Gasteiger charge is -2.55. The van der Waals surface area contributed by atoms with Crippen LogP contribution in [-0.2, 0) is 6.42 Å². The first kappa shape index (κ1) is 12.0. The van der Waals surface area contributed by atoms with E-state index in [4.69, 9.17) is 5.73 Å². The predicted molar refractivity (Wildman–Crippen MR) is 75.4 cm³/mol. The van der Waals surface area contributed by atoms with Crippen LogP contribution in [0, 0.1) is 29.6 Å². The van der Waals surface area contributed by atoms with Crippen LogP contribution in [0.3, 0.4) is 0 Å². The topological polar surface area (TPSA) is 54.7 Å². The van der Waals surface area contributed by atoms with Gasteiger partial charge in [-0.3, -0.25) is 5.10 Å². The van der Waals surface area contributed by atoms with Gasteiger partial charge in [-0.05, 0) is 74.2 Å². The van der Waals surface area contributed by atoms with Gasteiger partial charge < -0.3 is 5.73 Å². The third-order valence-electron chi connectivity index (χ3n) is 6.04. The maximum absolute atomic E-state index is 6.40. The molecule has 0 aliphatic heterocycles. The van der Waals surface area contributed by atoms with E-state index in [-0.39, 0.29) is 0 Å². The van der Waals surface area contributed by atoms with Crippen molar-refractivity contribution in [2.45, 2.75) is 51.0 Å². The highest BCUT2D eigenvalue weighted by molar-refractivity contribution is 5.02. The summed E-state index contributed by atoms with van der Waals surface area (Å²) in [7, 11) is 0. The van der Waals surface area contributed by atoms with E-state index >= 15 is 0 Å². The number of nitrogens with one attached hydrogen (secondary N) is 1. The summed E-state index contributed by atoms with van der Waals surface area (Å²) in [6.07, 6.45) is 11.6. The number of nitrogens with two attached hydrogens (primary N) is 1. The molecule has 3 N–H and O–H groups in total. The minimum atomic E-state index is 0.308. The van der Waals surface area contributed by atoms with Crippen molar-refractivity contribution in [1.82, 2.24) is 10.2 Å². The first-order valence-electron chi connectivity index (χ1n) is 8.01. The predicted octanol–water partition coefficient (Wildman–Crippen LogP) is 2.74. The number of H-pyrrole nitrogens is 1. The van der Waals surface area contributed by atoms with Crippen molar-refractivity contribution in [2.24, 2.45) is 35.3 Å².